The normalized spacial score (nSPS) is 10.8. The average molecular weight is 390 g/mol. The maximum Gasteiger partial charge on any atom is 0.297 e. The van der Waals surface area contributed by atoms with Crippen LogP contribution in [0.5, 0.6) is 0 Å². The fourth-order valence-corrected chi connectivity index (χ4v) is 3.58. The van der Waals surface area contributed by atoms with Crippen molar-refractivity contribution in [2.75, 3.05) is 0 Å². The van der Waals surface area contributed by atoms with Crippen LogP contribution in [0.2, 0.25) is 0 Å². The Morgan fingerprint density at radius 1 is 1.11 bits per heavy atom. The van der Waals surface area contributed by atoms with Gasteiger partial charge in [-0.2, -0.15) is 9.94 Å². The minimum absolute atomic E-state index is 0.237. The van der Waals surface area contributed by atoms with Crippen LogP contribution in [0.25, 0.3) is 11.4 Å². The van der Waals surface area contributed by atoms with Crippen LogP contribution in [0.4, 0.5) is 0 Å². The van der Waals surface area contributed by atoms with Crippen LogP contribution in [-0.2, 0) is 7.05 Å². The van der Waals surface area contributed by atoms with Crippen LogP contribution in [0.15, 0.2) is 63.5 Å². The van der Waals surface area contributed by atoms with Gasteiger partial charge in [-0.15, -0.1) is 5.10 Å². The van der Waals surface area contributed by atoms with E-state index in [-0.39, 0.29) is 5.56 Å². The van der Waals surface area contributed by atoms with Gasteiger partial charge in [-0.1, -0.05) is 24.3 Å². The van der Waals surface area contributed by atoms with Gasteiger partial charge in [0, 0.05) is 7.05 Å². The number of nitrogens with zero attached hydrogens (tertiary/aromatic N) is 8. The number of tetrazole rings is 1. The Kier molecular flexibility index (Phi) is 4.50. The summed E-state index contributed by atoms with van der Waals surface area (Å²) in [5.74, 6) is 0. The molecule has 10 heteroatoms. The van der Waals surface area contributed by atoms with Crippen LogP contribution in [0.3, 0.4) is 0 Å². The summed E-state index contributed by atoms with van der Waals surface area (Å²) in [6.45, 7) is 1.83. The summed E-state index contributed by atoms with van der Waals surface area (Å²) in [6, 6.07) is 16.5. The molecule has 0 amide bonds. The summed E-state index contributed by atoms with van der Waals surface area (Å²) in [6.07, 6.45) is 0. The SMILES string of the molecule is Cc1c(-n2nnnc2Sc2cccc(C#N)n2)c(=O)n(-c2ccccc2)n1C. The molecule has 3 heterocycles. The Morgan fingerprint density at radius 3 is 2.64 bits per heavy atom. The quantitative estimate of drug-likeness (QED) is 0.523. The molecule has 0 atom stereocenters. The fraction of sp³-hybridized carbons (Fsp3) is 0.111. The highest BCUT2D eigenvalue weighted by Crippen LogP contribution is 2.26. The summed E-state index contributed by atoms with van der Waals surface area (Å²) < 4.78 is 4.73. The second kappa shape index (κ2) is 7.13. The number of benzene rings is 1. The summed E-state index contributed by atoms with van der Waals surface area (Å²) in [7, 11) is 1.81. The second-order valence-corrected chi connectivity index (χ2v) is 6.85. The predicted octanol–water partition coefficient (Wildman–Crippen LogP) is 1.88. The van der Waals surface area contributed by atoms with Crippen molar-refractivity contribution in [2.24, 2.45) is 7.05 Å². The Bertz CT molecular complexity index is 1250. The maximum atomic E-state index is 13.2. The van der Waals surface area contributed by atoms with Gasteiger partial charge in [0.1, 0.15) is 16.8 Å². The number of hydrogen-bond acceptors (Lipinski definition) is 7. The molecule has 0 bridgehead atoms. The van der Waals surface area contributed by atoms with Gasteiger partial charge in [0.2, 0.25) is 5.16 Å². The summed E-state index contributed by atoms with van der Waals surface area (Å²) in [4.78, 5) is 17.4. The Balaban J connectivity index is 1.81. The van der Waals surface area contributed by atoms with E-state index in [4.69, 9.17) is 5.26 Å². The average Bonchev–Trinajstić information content (AvgIpc) is 3.24. The monoisotopic (exact) mass is 390 g/mol. The molecule has 0 radical (unpaired) electrons. The molecule has 9 nitrogen and oxygen atoms in total. The minimum Gasteiger partial charge on any atom is -0.283 e. The molecule has 0 aliphatic rings. The van der Waals surface area contributed by atoms with Gasteiger partial charge in [0.15, 0.2) is 5.69 Å². The molecule has 0 saturated heterocycles. The van der Waals surface area contributed by atoms with Gasteiger partial charge in [-0.05, 0) is 53.4 Å². The molecule has 0 aliphatic carbocycles. The van der Waals surface area contributed by atoms with Crippen LogP contribution in [-0.4, -0.2) is 34.6 Å². The number of rotatable bonds is 4. The third-order valence-corrected chi connectivity index (χ3v) is 5.08. The first-order valence-electron chi connectivity index (χ1n) is 8.28. The lowest BCUT2D eigenvalue weighted by atomic mass is 10.3. The van der Waals surface area contributed by atoms with Gasteiger partial charge >= 0.3 is 0 Å². The molecule has 0 N–H and O–H groups in total. The van der Waals surface area contributed by atoms with E-state index in [0.29, 0.717) is 27.3 Å². The highest BCUT2D eigenvalue weighted by atomic mass is 32.2. The standard InChI is InChI=1S/C18H14N8OS/c1-12-16(17(27)26(24(12)2)14-8-4-3-5-9-14)25-18(21-22-23-25)28-15-10-6-7-13(11-19)20-15/h3-10H,1-2H3. The second-order valence-electron chi connectivity index (χ2n) is 5.86. The van der Waals surface area contributed by atoms with Crippen LogP contribution in [0.1, 0.15) is 11.4 Å². The molecule has 1 aromatic carbocycles. The molecule has 0 aliphatic heterocycles. The van der Waals surface area contributed by atoms with Crippen LogP contribution in [0, 0.1) is 18.3 Å². The van der Waals surface area contributed by atoms with E-state index in [1.54, 1.807) is 27.6 Å². The molecule has 0 saturated carbocycles. The first-order valence-corrected chi connectivity index (χ1v) is 9.09. The summed E-state index contributed by atoms with van der Waals surface area (Å²) in [5.41, 5.74) is 1.87. The molecular weight excluding hydrogens is 376 g/mol. The number of hydrogen-bond donors (Lipinski definition) is 0. The maximum absolute atomic E-state index is 13.2. The van der Waals surface area contributed by atoms with Crippen molar-refractivity contribution >= 4 is 11.8 Å². The zero-order valence-corrected chi connectivity index (χ0v) is 15.8. The smallest absolute Gasteiger partial charge is 0.283 e. The molecule has 4 aromatic rings. The number of aromatic nitrogens is 7. The summed E-state index contributed by atoms with van der Waals surface area (Å²) in [5, 5.41) is 21.7. The molecule has 0 fully saturated rings. The van der Waals surface area contributed by atoms with E-state index < -0.39 is 0 Å². The third-order valence-electron chi connectivity index (χ3n) is 4.21. The van der Waals surface area contributed by atoms with E-state index >= 15 is 0 Å². The zero-order chi connectivity index (χ0) is 19.7. The van der Waals surface area contributed by atoms with E-state index in [2.05, 4.69) is 20.5 Å². The largest absolute Gasteiger partial charge is 0.297 e. The van der Waals surface area contributed by atoms with E-state index in [9.17, 15) is 4.79 Å². The highest BCUT2D eigenvalue weighted by Gasteiger charge is 2.22. The summed E-state index contributed by atoms with van der Waals surface area (Å²) >= 11 is 1.18. The molecular formula is C18H14N8OS. The Labute approximate surface area is 163 Å². The van der Waals surface area contributed by atoms with Crippen molar-refractivity contribution in [1.29, 1.82) is 5.26 Å². The van der Waals surface area contributed by atoms with E-state index in [1.807, 2.05) is 50.4 Å². The Hall–Kier alpha value is -3.71. The third kappa shape index (κ3) is 2.97. The van der Waals surface area contributed by atoms with Crippen molar-refractivity contribution < 1.29 is 0 Å². The van der Waals surface area contributed by atoms with Gasteiger partial charge < -0.3 is 0 Å². The number of nitriles is 1. The fourth-order valence-electron chi connectivity index (χ4n) is 2.81. The lowest BCUT2D eigenvalue weighted by molar-refractivity contribution is 0.630. The van der Waals surface area contributed by atoms with E-state index in [1.165, 1.54) is 16.4 Å². The molecule has 28 heavy (non-hydrogen) atoms. The Morgan fingerprint density at radius 2 is 1.89 bits per heavy atom. The lowest BCUT2D eigenvalue weighted by Gasteiger charge is -2.07. The molecule has 0 spiro atoms. The highest BCUT2D eigenvalue weighted by molar-refractivity contribution is 7.99. The lowest BCUT2D eigenvalue weighted by Crippen LogP contribution is -2.22. The van der Waals surface area contributed by atoms with Gasteiger partial charge in [-0.25, -0.2) is 9.67 Å². The first-order chi connectivity index (χ1) is 13.6. The van der Waals surface area contributed by atoms with Crippen molar-refractivity contribution in [2.45, 2.75) is 17.1 Å². The van der Waals surface area contributed by atoms with Gasteiger partial charge in [-0.3, -0.25) is 9.48 Å². The van der Waals surface area contributed by atoms with Crippen LogP contribution >= 0.6 is 11.8 Å². The molecule has 0 unspecified atom stereocenters. The van der Waals surface area contributed by atoms with Gasteiger partial charge in [0.25, 0.3) is 5.56 Å². The van der Waals surface area contributed by atoms with Crippen LogP contribution < -0.4 is 5.56 Å². The van der Waals surface area contributed by atoms with Gasteiger partial charge in [0.05, 0.1) is 11.4 Å². The van der Waals surface area contributed by atoms with E-state index in [0.717, 1.165) is 5.69 Å². The topological polar surface area (TPSA) is 107 Å². The molecule has 4 rings (SSSR count). The molecule has 138 valence electrons. The van der Waals surface area contributed by atoms with Crippen molar-refractivity contribution in [3.05, 3.63) is 70.3 Å². The predicted molar refractivity (Wildman–Crippen MR) is 102 cm³/mol. The number of para-hydroxylation sites is 1. The van der Waals surface area contributed by atoms with Crippen molar-refractivity contribution in [1.82, 2.24) is 34.6 Å². The molecule has 3 aromatic heterocycles. The first kappa shape index (κ1) is 17.7. The number of pyridine rings is 1. The minimum atomic E-state index is -0.237. The zero-order valence-electron chi connectivity index (χ0n) is 15.0. The van der Waals surface area contributed by atoms with Crippen molar-refractivity contribution in [3.8, 4) is 17.4 Å². The van der Waals surface area contributed by atoms with Crippen molar-refractivity contribution in [3.63, 3.8) is 0 Å².